The van der Waals surface area contributed by atoms with Crippen molar-refractivity contribution in [3.63, 3.8) is 0 Å². The fraction of sp³-hybridized carbons (Fsp3) is 0.312. The number of carbonyl (C=O) groups is 1. The van der Waals surface area contributed by atoms with E-state index < -0.39 is 0 Å². The Balaban J connectivity index is 1.25. The van der Waals surface area contributed by atoms with Crippen LogP contribution in [0.1, 0.15) is 11.7 Å². The summed E-state index contributed by atoms with van der Waals surface area (Å²) in [5.41, 5.74) is 0.755. The Morgan fingerprint density at radius 2 is 1.92 bits per heavy atom. The Morgan fingerprint density at radius 3 is 2.65 bits per heavy atom. The Hall–Kier alpha value is -3.30. The van der Waals surface area contributed by atoms with Gasteiger partial charge in [0.1, 0.15) is 23.8 Å². The number of amides is 1. The number of nitrogens with zero attached hydrogens (tertiary/aromatic N) is 7. The summed E-state index contributed by atoms with van der Waals surface area (Å²) >= 11 is 0. The minimum Gasteiger partial charge on any atom is -0.484 e. The van der Waals surface area contributed by atoms with Crippen molar-refractivity contribution in [2.45, 2.75) is 12.6 Å². The molecule has 3 aromatic rings. The number of halogens is 1. The molecule has 134 valence electrons. The van der Waals surface area contributed by atoms with Crippen LogP contribution in [-0.4, -0.2) is 60.5 Å². The van der Waals surface area contributed by atoms with Gasteiger partial charge in [-0.2, -0.15) is 15.0 Å². The zero-order valence-electron chi connectivity index (χ0n) is 13.8. The molecular formula is C16H16FN7O2. The number of carbonyl (C=O) groups excluding carboxylic acids is 1. The lowest BCUT2D eigenvalue weighted by Crippen LogP contribution is -2.52. The number of hydrogen-bond donors (Lipinski definition) is 0. The topological polar surface area (TPSA) is 91.0 Å². The van der Waals surface area contributed by atoms with Crippen molar-refractivity contribution in [3.05, 3.63) is 54.4 Å². The van der Waals surface area contributed by atoms with Gasteiger partial charge in [0.2, 0.25) is 0 Å². The molecule has 9 nitrogen and oxygen atoms in total. The van der Waals surface area contributed by atoms with Crippen molar-refractivity contribution in [1.82, 2.24) is 34.9 Å². The number of hydrogen-bond acceptors (Lipinski definition) is 6. The maximum absolute atomic E-state index is 12.8. The summed E-state index contributed by atoms with van der Waals surface area (Å²) in [5.74, 6) is 0.00132. The minimum atomic E-state index is -0.343. The Labute approximate surface area is 148 Å². The molecular weight excluding hydrogens is 341 g/mol. The average Bonchev–Trinajstić information content (AvgIpc) is 3.26. The van der Waals surface area contributed by atoms with Crippen LogP contribution in [0.5, 0.6) is 5.75 Å². The lowest BCUT2D eigenvalue weighted by molar-refractivity contribution is -0.139. The standard InChI is InChI=1S/C16H16FN7O2/c17-12-1-3-15(4-2-12)26-11-16(25)22-9-14(10-22)23-7-13(20-21-23)8-24-18-5-6-19-24/h1-7,14H,8-11H2. The maximum atomic E-state index is 12.8. The molecule has 0 spiro atoms. The normalized spacial score (nSPS) is 14.3. The van der Waals surface area contributed by atoms with E-state index in [0.29, 0.717) is 25.4 Å². The van der Waals surface area contributed by atoms with Gasteiger partial charge in [-0.15, -0.1) is 5.10 Å². The second-order valence-corrected chi connectivity index (χ2v) is 5.94. The largest absolute Gasteiger partial charge is 0.484 e. The van der Waals surface area contributed by atoms with Gasteiger partial charge in [0.15, 0.2) is 6.61 Å². The highest BCUT2D eigenvalue weighted by molar-refractivity contribution is 5.78. The lowest BCUT2D eigenvalue weighted by Gasteiger charge is -2.38. The van der Waals surface area contributed by atoms with Gasteiger partial charge in [-0.3, -0.25) is 4.79 Å². The fourth-order valence-corrected chi connectivity index (χ4v) is 2.63. The molecule has 10 heteroatoms. The van der Waals surface area contributed by atoms with E-state index in [1.165, 1.54) is 29.1 Å². The van der Waals surface area contributed by atoms with Crippen LogP contribution in [0.25, 0.3) is 0 Å². The highest BCUT2D eigenvalue weighted by atomic mass is 19.1. The highest BCUT2D eigenvalue weighted by Gasteiger charge is 2.32. The molecule has 0 unspecified atom stereocenters. The summed E-state index contributed by atoms with van der Waals surface area (Å²) in [7, 11) is 0. The van der Waals surface area contributed by atoms with Crippen LogP contribution < -0.4 is 4.74 Å². The van der Waals surface area contributed by atoms with Gasteiger partial charge >= 0.3 is 0 Å². The van der Waals surface area contributed by atoms with Crippen LogP contribution in [0.3, 0.4) is 0 Å². The average molecular weight is 357 g/mol. The first kappa shape index (κ1) is 16.2. The molecule has 0 radical (unpaired) electrons. The van der Waals surface area contributed by atoms with E-state index in [1.54, 1.807) is 22.0 Å². The van der Waals surface area contributed by atoms with Crippen LogP contribution in [0.2, 0.25) is 0 Å². The first-order valence-electron chi connectivity index (χ1n) is 8.08. The predicted molar refractivity (Wildman–Crippen MR) is 86.7 cm³/mol. The summed E-state index contributed by atoms with van der Waals surface area (Å²) in [6, 6.07) is 5.66. The number of benzene rings is 1. The quantitative estimate of drug-likeness (QED) is 0.639. The molecule has 1 aliphatic rings. The van der Waals surface area contributed by atoms with E-state index in [9.17, 15) is 9.18 Å². The lowest BCUT2D eigenvalue weighted by atomic mass is 10.1. The zero-order valence-corrected chi connectivity index (χ0v) is 13.8. The van der Waals surface area contributed by atoms with Crippen LogP contribution >= 0.6 is 0 Å². The fourth-order valence-electron chi connectivity index (χ4n) is 2.63. The van der Waals surface area contributed by atoms with E-state index in [4.69, 9.17) is 4.74 Å². The summed E-state index contributed by atoms with van der Waals surface area (Å²) in [5, 5.41) is 16.3. The summed E-state index contributed by atoms with van der Waals surface area (Å²) in [4.78, 5) is 15.3. The molecule has 1 fully saturated rings. The molecule has 1 aliphatic heterocycles. The second-order valence-electron chi connectivity index (χ2n) is 5.94. The Kier molecular flexibility index (Phi) is 4.30. The molecule has 0 N–H and O–H groups in total. The van der Waals surface area contributed by atoms with Crippen LogP contribution in [0, 0.1) is 5.82 Å². The Bertz CT molecular complexity index is 872. The van der Waals surface area contributed by atoms with Crippen molar-refractivity contribution in [3.8, 4) is 5.75 Å². The van der Waals surface area contributed by atoms with Gasteiger partial charge in [0.25, 0.3) is 5.91 Å². The van der Waals surface area contributed by atoms with Gasteiger partial charge in [0.05, 0.1) is 24.6 Å². The molecule has 0 saturated carbocycles. The van der Waals surface area contributed by atoms with Crippen LogP contribution in [0.15, 0.2) is 42.9 Å². The van der Waals surface area contributed by atoms with Gasteiger partial charge in [0, 0.05) is 13.1 Å². The maximum Gasteiger partial charge on any atom is 0.260 e. The molecule has 0 bridgehead atoms. The number of rotatable bonds is 6. The first-order chi connectivity index (χ1) is 12.7. The van der Waals surface area contributed by atoms with Gasteiger partial charge in [-0.1, -0.05) is 5.21 Å². The van der Waals surface area contributed by atoms with Crippen molar-refractivity contribution in [1.29, 1.82) is 0 Å². The number of aromatic nitrogens is 6. The van der Waals surface area contributed by atoms with Crippen molar-refractivity contribution < 1.29 is 13.9 Å². The molecule has 4 rings (SSSR count). The molecule has 26 heavy (non-hydrogen) atoms. The highest BCUT2D eigenvalue weighted by Crippen LogP contribution is 2.21. The molecule has 1 amide bonds. The number of likely N-dealkylation sites (tertiary alicyclic amines) is 1. The molecule has 2 aromatic heterocycles. The van der Waals surface area contributed by atoms with Crippen molar-refractivity contribution >= 4 is 5.91 Å². The van der Waals surface area contributed by atoms with E-state index in [2.05, 4.69) is 20.5 Å². The van der Waals surface area contributed by atoms with E-state index in [1.807, 2.05) is 6.20 Å². The third-order valence-electron chi connectivity index (χ3n) is 4.09. The third kappa shape index (κ3) is 3.53. The second kappa shape index (κ2) is 6.90. The van der Waals surface area contributed by atoms with E-state index in [0.717, 1.165) is 5.69 Å². The molecule has 3 heterocycles. The Morgan fingerprint density at radius 1 is 1.19 bits per heavy atom. The van der Waals surface area contributed by atoms with Gasteiger partial charge < -0.3 is 9.64 Å². The zero-order chi connectivity index (χ0) is 17.9. The monoisotopic (exact) mass is 357 g/mol. The minimum absolute atomic E-state index is 0.0775. The van der Waals surface area contributed by atoms with E-state index in [-0.39, 0.29) is 24.4 Å². The van der Waals surface area contributed by atoms with Crippen molar-refractivity contribution in [2.24, 2.45) is 0 Å². The summed E-state index contributed by atoms with van der Waals surface area (Å²) < 4.78 is 20.0. The van der Waals surface area contributed by atoms with Crippen molar-refractivity contribution in [2.75, 3.05) is 19.7 Å². The summed E-state index contributed by atoms with van der Waals surface area (Å²) in [6.45, 7) is 1.47. The van der Waals surface area contributed by atoms with Crippen LogP contribution in [0.4, 0.5) is 4.39 Å². The van der Waals surface area contributed by atoms with Gasteiger partial charge in [-0.05, 0) is 24.3 Å². The molecule has 1 saturated heterocycles. The van der Waals surface area contributed by atoms with Crippen LogP contribution in [-0.2, 0) is 11.3 Å². The predicted octanol–water partition coefficient (Wildman–Crippen LogP) is 0.519. The SMILES string of the molecule is O=C(COc1ccc(F)cc1)N1CC(n2cc(Cn3nccn3)nn2)C1. The van der Waals surface area contributed by atoms with Gasteiger partial charge in [-0.25, -0.2) is 9.07 Å². The molecule has 0 atom stereocenters. The summed E-state index contributed by atoms with van der Waals surface area (Å²) in [6.07, 6.45) is 5.05. The third-order valence-corrected chi connectivity index (χ3v) is 4.09. The first-order valence-corrected chi connectivity index (χ1v) is 8.08. The smallest absolute Gasteiger partial charge is 0.260 e. The van der Waals surface area contributed by atoms with E-state index >= 15 is 0 Å². The number of ether oxygens (including phenoxy) is 1. The molecule has 0 aliphatic carbocycles. The molecule has 1 aromatic carbocycles.